The number of aromatic nitrogens is 2. The summed E-state index contributed by atoms with van der Waals surface area (Å²) in [6.45, 7) is 0.490. The van der Waals surface area contributed by atoms with Crippen molar-refractivity contribution in [2.24, 2.45) is 5.84 Å². The number of rotatable bonds is 5. The quantitative estimate of drug-likeness (QED) is 0.289. The summed E-state index contributed by atoms with van der Waals surface area (Å²) in [6.07, 6.45) is 0. The van der Waals surface area contributed by atoms with Gasteiger partial charge in [0.25, 0.3) is 5.91 Å². The zero-order valence-corrected chi connectivity index (χ0v) is 14.5. The van der Waals surface area contributed by atoms with Crippen LogP contribution in [0.5, 0.6) is 5.75 Å². The van der Waals surface area contributed by atoms with Crippen molar-refractivity contribution in [1.82, 2.24) is 15.6 Å². The number of carbonyl (C=O) groups is 1. The highest BCUT2D eigenvalue weighted by Crippen LogP contribution is 2.24. The molecule has 0 saturated heterocycles. The summed E-state index contributed by atoms with van der Waals surface area (Å²) in [5, 5.41) is 9.18. The first-order chi connectivity index (χ1) is 13.2. The Morgan fingerprint density at radius 3 is 2.63 bits per heavy atom. The minimum atomic E-state index is -0.413. The van der Waals surface area contributed by atoms with E-state index in [1.165, 1.54) is 10.8 Å². The number of nitrogens with one attached hydrogen (secondary N) is 2. The predicted octanol–water partition coefficient (Wildman–Crippen LogP) is 3.41. The maximum atomic E-state index is 11.5. The van der Waals surface area contributed by atoms with Gasteiger partial charge in [0.15, 0.2) is 0 Å². The molecule has 0 spiro atoms. The van der Waals surface area contributed by atoms with Crippen molar-refractivity contribution in [3.63, 3.8) is 0 Å². The number of nitrogen functional groups attached to an aromatic ring is 1. The average Bonchev–Trinajstić information content (AvgIpc) is 3.22. The summed E-state index contributed by atoms with van der Waals surface area (Å²) in [5.41, 5.74) is 5.06. The summed E-state index contributed by atoms with van der Waals surface area (Å²) in [7, 11) is 0. The molecule has 6 nitrogen and oxygen atoms in total. The van der Waals surface area contributed by atoms with E-state index in [2.05, 4.69) is 39.9 Å². The molecule has 4 aromatic rings. The van der Waals surface area contributed by atoms with Crippen LogP contribution in [0.3, 0.4) is 0 Å². The summed E-state index contributed by atoms with van der Waals surface area (Å²) < 4.78 is 5.94. The van der Waals surface area contributed by atoms with Crippen LogP contribution < -0.4 is 16.0 Å². The van der Waals surface area contributed by atoms with E-state index in [0.717, 1.165) is 16.9 Å². The molecule has 0 aliphatic carbocycles. The Hall–Kier alpha value is -3.64. The number of H-pyrrole nitrogens is 1. The first-order valence-corrected chi connectivity index (χ1v) is 8.51. The van der Waals surface area contributed by atoms with E-state index in [-0.39, 0.29) is 0 Å². The van der Waals surface area contributed by atoms with Gasteiger partial charge in [-0.05, 0) is 46.7 Å². The smallest absolute Gasteiger partial charge is 0.283 e. The monoisotopic (exact) mass is 358 g/mol. The van der Waals surface area contributed by atoms with Crippen LogP contribution in [0.25, 0.3) is 22.0 Å². The highest BCUT2D eigenvalue weighted by Gasteiger charge is 2.10. The number of nitrogens with two attached hydrogens (primary N) is 1. The van der Waals surface area contributed by atoms with Crippen LogP contribution in [0.4, 0.5) is 0 Å². The molecule has 0 aliphatic rings. The molecule has 0 atom stereocenters. The normalized spacial score (nSPS) is 10.7. The molecule has 0 saturated carbocycles. The Morgan fingerprint density at radius 2 is 1.81 bits per heavy atom. The van der Waals surface area contributed by atoms with Crippen LogP contribution in [0.1, 0.15) is 16.1 Å². The van der Waals surface area contributed by atoms with Gasteiger partial charge in [-0.25, -0.2) is 5.84 Å². The van der Waals surface area contributed by atoms with E-state index in [9.17, 15) is 4.79 Å². The molecule has 0 bridgehead atoms. The number of hydrazine groups is 1. The molecule has 0 radical (unpaired) electrons. The fourth-order valence-corrected chi connectivity index (χ4v) is 2.97. The molecule has 1 aromatic heterocycles. The highest BCUT2D eigenvalue weighted by molar-refractivity contribution is 5.92. The van der Waals surface area contributed by atoms with Gasteiger partial charge in [0, 0.05) is 5.56 Å². The molecular weight excluding hydrogens is 340 g/mol. The second-order valence-electron chi connectivity index (χ2n) is 6.09. The van der Waals surface area contributed by atoms with Crippen molar-refractivity contribution in [3.05, 3.63) is 84.1 Å². The van der Waals surface area contributed by atoms with Crippen molar-refractivity contribution < 1.29 is 9.53 Å². The number of amides is 1. The molecule has 0 unspecified atom stereocenters. The van der Waals surface area contributed by atoms with Crippen molar-refractivity contribution in [1.29, 1.82) is 0 Å². The van der Waals surface area contributed by atoms with Crippen LogP contribution in [0, 0.1) is 0 Å². The predicted molar refractivity (Wildman–Crippen MR) is 104 cm³/mol. The van der Waals surface area contributed by atoms with Crippen LogP contribution >= 0.6 is 0 Å². The molecular formula is C21H18N4O2. The summed E-state index contributed by atoms with van der Waals surface area (Å²) >= 11 is 0. The van der Waals surface area contributed by atoms with Gasteiger partial charge in [-0.3, -0.25) is 15.3 Å². The summed E-state index contributed by atoms with van der Waals surface area (Å²) in [5.74, 6) is 5.48. The fraction of sp³-hybridized carbons (Fsp3) is 0.0476. The van der Waals surface area contributed by atoms with Gasteiger partial charge in [0.1, 0.15) is 18.1 Å². The Balaban J connectivity index is 1.48. The van der Waals surface area contributed by atoms with Crippen LogP contribution in [0.15, 0.2) is 72.8 Å². The van der Waals surface area contributed by atoms with E-state index in [0.29, 0.717) is 18.0 Å². The Morgan fingerprint density at radius 1 is 1.04 bits per heavy atom. The maximum Gasteiger partial charge on any atom is 0.283 e. The molecule has 134 valence electrons. The number of carbonyl (C=O) groups excluding carboxylic acids is 1. The minimum Gasteiger partial charge on any atom is -0.489 e. The van der Waals surface area contributed by atoms with Crippen molar-refractivity contribution in [2.45, 2.75) is 6.61 Å². The lowest BCUT2D eigenvalue weighted by Crippen LogP contribution is -2.30. The zero-order chi connectivity index (χ0) is 18.6. The van der Waals surface area contributed by atoms with Crippen LogP contribution in [-0.4, -0.2) is 16.1 Å². The second kappa shape index (κ2) is 7.31. The van der Waals surface area contributed by atoms with Gasteiger partial charge in [0.05, 0.1) is 5.69 Å². The van der Waals surface area contributed by atoms with Crippen molar-refractivity contribution >= 4 is 16.7 Å². The number of nitrogens with zero attached hydrogens (tertiary/aromatic N) is 1. The molecule has 27 heavy (non-hydrogen) atoms. The van der Waals surface area contributed by atoms with E-state index in [1.54, 1.807) is 6.07 Å². The number of hydrogen-bond donors (Lipinski definition) is 3. The maximum absolute atomic E-state index is 11.5. The Bertz CT molecular complexity index is 1080. The Labute approximate surface area is 155 Å². The Kier molecular flexibility index (Phi) is 4.55. The first kappa shape index (κ1) is 16.8. The van der Waals surface area contributed by atoms with E-state index < -0.39 is 5.91 Å². The van der Waals surface area contributed by atoms with Gasteiger partial charge in [-0.1, -0.05) is 42.5 Å². The van der Waals surface area contributed by atoms with E-state index >= 15 is 0 Å². The van der Waals surface area contributed by atoms with E-state index in [1.807, 2.05) is 42.5 Å². The number of hydrogen-bond acceptors (Lipinski definition) is 4. The third-order valence-corrected chi connectivity index (χ3v) is 4.38. The lowest BCUT2D eigenvalue weighted by atomic mass is 10.1. The fourth-order valence-electron chi connectivity index (χ4n) is 2.97. The van der Waals surface area contributed by atoms with Crippen LogP contribution in [0.2, 0.25) is 0 Å². The van der Waals surface area contributed by atoms with Gasteiger partial charge in [-0.15, -0.1) is 0 Å². The highest BCUT2D eigenvalue weighted by atomic mass is 16.5. The summed E-state index contributed by atoms with van der Waals surface area (Å²) in [6, 6.07) is 23.7. The number of benzene rings is 3. The molecule has 4 N–H and O–H groups in total. The van der Waals surface area contributed by atoms with Gasteiger partial charge < -0.3 is 4.74 Å². The molecule has 0 fully saturated rings. The van der Waals surface area contributed by atoms with Crippen molar-refractivity contribution in [3.8, 4) is 17.0 Å². The third-order valence-electron chi connectivity index (χ3n) is 4.38. The molecule has 6 heteroatoms. The van der Waals surface area contributed by atoms with Gasteiger partial charge in [-0.2, -0.15) is 5.10 Å². The largest absolute Gasteiger partial charge is 0.489 e. The topological polar surface area (TPSA) is 93.0 Å². The zero-order valence-electron chi connectivity index (χ0n) is 14.5. The third kappa shape index (κ3) is 3.51. The average molecular weight is 358 g/mol. The SMILES string of the molecule is NNC(=O)c1cc(-c2ccc(OCc3cccc4ccccc34)cc2)n[nH]1. The molecule has 1 amide bonds. The number of ether oxygens (including phenoxy) is 1. The molecule has 0 aliphatic heterocycles. The minimum absolute atomic E-state index is 0.309. The van der Waals surface area contributed by atoms with Crippen LogP contribution in [-0.2, 0) is 6.61 Å². The second-order valence-corrected chi connectivity index (χ2v) is 6.09. The lowest BCUT2D eigenvalue weighted by molar-refractivity contribution is 0.0948. The van der Waals surface area contributed by atoms with Crippen molar-refractivity contribution in [2.75, 3.05) is 0 Å². The van der Waals surface area contributed by atoms with E-state index in [4.69, 9.17) is 10.6 Å². The first-order valence-electron chi connectivity index (χ1n) is 8.51. The molecule has 4 rings (SSSR count). The number of aromatic amines is 1. The lowest BCUT2D eigenvalue weighted by Gasteiger charge is -2.09. The standard InChI is InChI=1S/C21H18N4O2/c22-23-21(26)20-12-19(24-25-20)15-8-10-17(11-9-15)27-13-16-6-3-5-14-4-1-2-7-18(14)16/h1-12H,13,22H2,(H,23,26)(H,24,25). The molecule has 3 aromatic carbocycles. The van der Waals surface area contributed by atoms with Gasteiger partial charge in [0.2, 0.25) is 0 Å². The van der Waals surface area contributed by atoms with Gasteiger partial charge >= 0.3 is 0 Å². The summed E-state index contributed by atoms with van der Waals surface area (Å²) in [4.78, 5) is 11.5. The number of fused-ring (bicyclic) bond motifs is 1. The molecule has 1 heterocycles.